The van der Waals surface area contributed by atoms with E-state index in [9.17, 15) is 18.0 Å². The highest BCUT2D eigenvalue weighted by Gasteiger charge is 2.20. The van der Waals surface area contributed by atoms with Crippen molar-refractivity contribution in [2.45, 2.75) is 18.7 Å². The first-order valence-electron chi connectivity index (χ1n) is 9.45. The largest absolute Gasteiger partial charge is 0.328 e. The minimum Gasteiger partial charge on any atom is -0.297 e. The summed E-state index contributed by atoms with van der Waals surface area (Å²) >= 11 is 11.8. The number of hydrogen-bond acceptors (Lipinski definition) is 6. The average molecular weight is 508 g/mol. The molecule has 0 aliphatic rings. The van der Waals surface area contributed by atoms with Gasteiger partial charge in [-0.2, -0.15) is 0 Å². The van der Waals surface area contributed by atoms with Crippen LogP contribution in [0, 0.1) is 13.8 Å². The number of nitrogens with one attached hydrogen (secondary N) is 2. The Labute approximate surface area is 200 Å². The number of nitrogens with zero attached hydrogens (tertiary/aromatic N) is 3. The van der Waals surface area contributed by atoms with E-state index in [1.165, 1.54) is 49.5 Å². The van der Waals surface area contributed by atoms with Crippen molar-refractivity contribution in [3.63, 3.8) is 0 Å². The van der Waals surface area contributed by atoms with Crippen molar-refractivity contribution in [1.29, 1.82) is 0 Å². The van der Waals surface area contributed by atoms with Crippen molar-refractivity contribution in [1.82, 2.24) is 15.3 Å². The maximum absolute atomic E-state index is 12.6. The number of benzene rings is 2. The number of carbonyl (C=O) groups is 2. The van der Waals surface area contributed by atoms with Crippen molar-refractivity contribution in [2.75, 3.05) is 16.7 Å². The first-order chi connectivity index (χ1) is 15.5. The van der Waals surface area contributed by atoms with E-state index in [0.717, 1.165) is 4.90 Å². The fourth-order valence-electron chi connectivity index (χ4n) is 2.84. The number of aryl methyl sites for hydroxylation is 2. The van der Waals surface area contributed by atoms with E-state index in [4.69, 9.17) is 23.2 Å². The molecular weight excluding hydrogens is 489 g/mol. The molecule has 2 aromatic carbocycles. The quantitative estimate of drug-likeness (QED) is 0.533. The molecule has 0 saturated heterocycles. The summed E-state index contributed by atoms with van der Waals surface area (Å²) in [5, 5.41) is 2.67. The first kappa shape index (κ1) is 24.4. The molecule has 3 amide bonds. The van der Waals surface area contributed by atoms with Gasteiger partial charge in [0, 0.05) is 29.1 Å². The molecule has 0 spiro atoms. The number of urea groups is 1. The van der Waals surface area contributed by atoms with Crippen molar-refractivity contribution < 1.29 is 18.0 Å². The monoisotopic (exact) mass is 507 g/mol. The van der Waals surface area contributed by atoms with Gasteiger partial charge in [0.25, 0.3) is 15.9 Å². The number of rotatable bonds is 5. The van der Waals surface area contributed by atoms with Gasteiger partial charge < -0.3 is 0 Å². The van der Waals surface area contributed by atoms with Gasteiger partial charge in [-0.3, -0.25) is 15.0 Å². The number of amides is 3. The molecule has 12 heteroatoms. The Balaban J connectivity index is 1.71. The van der Waals surface area contributed by atoms with Gasteiger partial charge in [-0.05, 0) is 62.4 Å². The molecule has 3 aromatic rings. The predicted octanol–water partition coefficient (Wildman–Crippen LogP) is 4.19. The minimum absolute atomic E-state index is 0.0348. The molecule has 0 saturated carbocycles. The molecule has 3 rings (SSSR count). The summed E-state index contributed by atoms with van der Waals surface area (Å²) in [6.07, 6.45) is 0. The summed E-state index contributed by atoms with van der Waals surface area (Å²) in [4.78, 5) is 34.0. The second-order valence-electron chi connectivity index (χ2n) is 7.02. The van der Waals surface area contributed by atoms with Crippen LogP contribution in [-0.4, -0.2) is 37.4 Å². The second-order valence-corrected chi connectivity index (χ2v) is 9.54. The number of hydrogen-bond donors (Lipinski definition) is 2. The van der Waals surface area contributed by atoms with E-state index in [-0.39, 0.29) is 21.4 Å². The predicted molar refractivity (Wildman–Crippen MR) is 126 cm³/mol. The maximum atomic E-state index is 12.6. The molecular formula is C21H19Cl2N5O4S. The maximum Gasteiger partial charge on any atom is 0.328 e. The van der Waals surface area contributed by atoms with E-state index in [2.05, 4.69) is 20.0 Å². The van der Waals surface area contributed by atoms with Crippen LogP contribution in [0.3, 0.4) is 0 Å². The highest BCUT2D eigenvalue weighted by atomic mass is 35.5. The summed E-state index contributed by atoms with van der Waals surface area (Å²) in [6, 6.07) is 10.8. The third-order valence-electron chi connectivity index (χ3n) is 4.44. The Kier molecular flexibility index (Phi) is 7.21. The molecule has 2 N–H and O–H groups in total. The molecule has 0 bridgehead atoms. The van der Waals surface area contributed by atoms with Crippen molar-refractivity contribution in [3.8, 4) is 0 Å². The van der Waals surface area contributed by atoms with Gasteiger partial charge in [-0.1, -0.05) is 23.2 Å². The SMILES string of the molecule is Cc1cc(C)nc(NS(=O)(=O)c2ccc(N(C)C(=O)NC(=O)c3ccc(Cl)cc3Cl)cc2)n1. The Morgan fingerprint density at radius 3 is 2.12 bits per heavy atom. The molecule has 0 fully saturated rings. The molecule has 33 heavy (non-hydrogen) atoms. The highest BCUT2D eigenvalue weighted by molar-refractivity contribution is 7.92. The van der Waals surface area contributed by atoms with E-state index in [0.29, 0.717) is 22.1 Å². The van der Waals surface area contributed by atoms with Crippen LogP contribution in [0.5, 0.6) is 0 Å². The molecule has 0 radical (unpaired) electrons. The zero-order valence-corrected chi connectivity index (χ0v) is 20.1. The lowest BCUT2D eigenvalue weighted by atomic mass is 10.2. The fraction of sp³-hybridized carbons (Fsp3) is 0.143. The van der Waals surface area contributed by atoms with Gasteiger partial charge in [0.05, 0.1) is 15.5 Å². The lowest BCUT2D eigenvalue weighted by Gasteiger charge is -2.18. The third kappa shape index (κ3) is 5.98. The highest BCUT2D eigenvalue weighted by Crippen LogP contribution is 2.22. The zero-order valence-electron chi connectivity index (χ0n) is 17.8. The molecule has 0 aliphatic carbocycles. The third-order valence-corrected chi connectivity index (χ3v) is 6.33. The van der Waals surface area contributed by atoms with E-state index >= 15 is 0 Å². The van der Waals surface area contributed by atoms with Crippen molar-refractivity contribution in [3.05, 3.63) is 75.5 Å². The zero-order chi connectivity index (χ0) is 24.3. The normalized spacial score (nSPS) is 11.1. The first-order valence-corrected chi connectivity index (χ1v) is 11.7. The van der Waals surface area contributed by atoms with Crippen molar-refractivity contribution >= 4 is 56.8 Å². The van der Waals surface area contributed by atoms with E-state index in [1.807, 2.05) is 0 Å². The van der Waals surface area contributed by atoms with Crippen molar-refractivity contribution in [2.24, 2.45) is 0 Å². The van der Waals surface area contributed by atoms with Crippen LogP contribution < -0.4 is 14.9 Å². The molecule has 0 atom stereocenters. The Bertz CT molecular complexity index is 1310. The topological polar surface area (TPSA) is 121 Å². The van der Waals surface area contributed by atoms with Gasteiger partial charge >= 0.3 is 6.03 Å². The number of halogens is 2. The number of anilines is 2. The van der Waals surface area contributed by atoms with E-state index in [1.54, 1.807) is 19.9 Å². The Hall–Kier alpha value is -3.21. The van der Waals surface area contributed by atoms with Gasteiger partial charge in [-0.15, -0.1) is 0 Å². The summed E-state index contributed by atoms with van der Waals surface area (Å²) in [5.41, 5.74) is 1.68. The van der Waals surface area contributed by atoms with Crippen LogP contribution in [0.15, 0.2) is 53.4 Å². The van der Waals surface area contributed by atoms with Crippen LogP contribution in [0.2, 0.25) is 10.0 Å². The van der Waals surface area contributed by atoms with E-state index < -0.39 is 22.0 Å². The number of imide groups is 1. The second kappa shape index (κ2) is 9.74. The number of carbonyl (C=O) groups excluding carboxylic acids is 2. The Morgan fingerprint density at radius 1 is 0.939 bits per heavy atom. The van der Waals surface area contributed by atoms with Gasteiger partial charge in [0.15, 0.2) is 0 Å². The Morgan fingerprint density at radius 2 is 1.55 bits per heavy atom. The fourth-order valence-corrected chi connectivity index (χ4v) is 4.28. The van der Waals surface area contributed by atoms with Crippen LogP contribution in [-0.2, 0) is 10.0 Å². The lowest BCUT2D eigenvalue weighted by molar-refractivity contribution is 0.0966. The molecule has 172 valence electrons. The average Bonchev–Trinajstić information content (AvgIpc) is 2.72. The summed E-state index contributed by atoms with van der Waals surface area (Å²) < 4.78 is 27.6. The molecule has 9 nitrogen and oxygen atoms in total. The van der Waals surface area contributed by atoms with Crippen LogP contribution in [0.4, 0.5) is 16.4 Å². The van der Waals surface area contributed by atoms with Crippen LogP contribution in [0.1, 0.15) is 21.7 Å². The number of sulfonamides is 1. The molecule has 1 aromatic heterocycles. The molecule has 0 aliphatic heterocycles. The minimum atomic E-state index is -3.95. The van der Waals surface area contributed by atoms with Gasteiger partial charge in [0.1, 0.15) is 0 Å². The summed E-state index contributed by atoms with van der Waals surface area (Å²) in [5.74, 6) is -0.738. The molecule has 1 heterocycles. The smallest absolute Gasteiger partial charge is 0.297 e. The summed E-state index contributed by atoms with van der Waals surface area (Å²) in [6.45, 7) is 3.46. The number of aromatic nitrogens is 2. The van der Waals surface area contributed by atoms with Gasteiger partial charge in [-0.25, -0.2) is 27.9 Å². The van der Waals surface area contributed by atoms with Gasteiger partial charge in [0.2, 0.25) is 5.95 Å². The standard InChI is InChI=1S/C21H19Cl2N5O4S/c1-12-10-13(2)25-20(24-12)27-33(31,32)16-7-5-15(6-8-16)28(3)21(30)26-19(29)17-9-4-14(22)11-18(17)23/h4-11H,1-3H3,(H,24,25,27)(H,26,29,30). The lowest BCUT2D eigenvalue weighted by Crippen LogP contribution is -2.41. The molecule has 0 unspecified atom stereocenters. The van der Waals surface area contributed by atoms with Crippen LogP contribution in [0.25, 0.3) is 0 Å². The summed E-state index contributed by atoms with van der Waals surface area (Å²) in [7, 11) is -2.52. The van der Waals surface area contributed by atoms with Crippen LogP contribution >= 0.6 is 23.2 Å².